The molecule has 0 spiro atoms. The van der Waals surface area contributed by atoms with Gasteiger partial charge >= 0.3 is 6.18 Å². The predicted octanol–water partition coefficient (Wildman–Crippen LogP) is 5.18. The summed E-state index contributed by atoms with van der Waals surface area (Å²) in [5.41, 5.74) is -0.380. The fourth-order valence-corrected chi connectivity index (χ4v) is 2.93. The number of hydrogen-bond donors (Lipinski definition) is 0. The van der Waals surface area contributed by atoms with E-state index >= 15 is 0 Å². The minimum absolute atomic E-state index is 0.107. The first-order valence-corrected chi connectivity index (χ1v) is 8.90. The Morgan fingerprint density at radius 2 is 1.93 bits per heavy atom. The van der Waals surface area contributed by atoms with E-state index in [9.17, 15) is 18.0 Å². The molecule has 2 aromatic carbocycles. The van der Waals surface area contributed by atoms with Crippen LogP contribution in [0.3, 0.4) is 0 Å². The maximum atomic E-state index is 12.9. The fraction of sp³-hybridized carbons (Fsp3) is 0.211. The highest BCUT2D eigenvalue weighted by molar-refractivity contribution is 9.10. The SMILES string of the molecule is CC(C)c1nc2ccc(Br)cc2c(=O)n1N=Cc1cccc(C(F)(F)F)c1. The third-order valence-corrected chi connectivity index (χ3v) is 4.38. The molecule has 0 aliphatic carbocycles. The summed E-state index contributed by atoms with van der Waals surface area (Å²) in [6.45, 7) is 3.73. The van der Waals surface area contributed by atoms with Crippen molar-refractivity contribution < 1.29 is 13.2 Å². The Hall–Kier alpha value is -2.48. The van der Waals surface area contributed by atoms with E-state index in [-0.39, 0.29) is 17.0 Å². The van der Waals surface area contributed by atoms with Gasteiger partial charge in [0.25, 0.3) is 5.56 Å². The molecule has 0 bridgehead atoms. The van der Waals surface area contributed by atoms with Gasteiger partial charge < -0.3 is 0 Å². The van der Waals surface area contributed by atoms with Crippen LogP contribution in [0.1, 0.15) is 36.7 Å². The van der Waals surface area contributed by atoms with Crippen molar-refractivity contribution in [2.75, 3.05) is 0 Å². The summed E-state index contributed by atoms with van der Waals surface area (Å²) >= 11 is 3.32. The summed E-state index contributed by atoms with van der Waals surface area (Å²) in [5, 5.41) is 4.50. The lowest BCUT2D eigenvalue weighted by Crippen LogP contribution is -2.23. The molecule has 0 fully saturated rings. The normalized spacial score (nSPS) is 12.4. The third-order valence-electron chi connectivity index (χ3n) is 3.89. The van der Waals surface area contributed by atoms with Crippen molar-refractivity contribution in [1.82, 2.24) is 9.66 Å². The monoisotopic (exact) mass is 437 g/mol. The number of alkyl halides is 3. The Bertz CT molecular complexity index is 1090. The van der Waals surface area contributed by atoms with E-state index in [0.29, 0.717) is 16.7 Å². The van der Waals surface area contributed by atoms with Crippen LogP contribution in [0.4, 0.5) is 13.2 Å². The van der Waals surface area contributed by atoms with Crippen molar-refractivity contribution in [2.45, 2.75) is 25.9 Å². The molecule has 27 heavy (non-hydrogen) atoms. The van der Waals surface area contributed by atoms with E-state index in [4.69, 9.17) is 0 Å². The molecule has 0 atom stereocenters. The second-order valence-electron chi connectivity index (χ2n) is 6.27. The summed E-state index contributed by atoms with van der Waals surface area (Å²) in [6, 6.07) is 9.91. The zero-order valence-corrected chi connectivity index (χ0v) is 16.0. The lowest BCUT2D eigenvalue weighted by Gasteiger charge is -2.12. The van der Waals surface area contributed by atoms with E-state index in [0.717, 1.165) is 21.3 Å². The first-order chi connectivity index (χ1) is 12.7. The van der Waals surface area contributed by atoms with Crippen molar-refractivity contribution in [3.63, 3.8) is 0 Å². The molecule has 0 amide bonds. The van der Waals surface area contributed by atoms with E-state index < -0.39 is 11.7 Å². The van der Waals surface area contributed by atoms with Crippen LogP contribution in [0, 0.1) is 0 Å². The minimum atomic E-state index is -4.44. The number of nitrogens with zero attached hydrogens (tertiary/aromatic N) is 3. The van der Waals surface area contributed by atoms with Gasteiger partial charge in [-0.25, -0.2) is 4.98 Å². The number of rotatable bonds is 3. The topological polar surface area (TPSA) is 47.2 Å². The lowest BCUT2D eigenvalue weighted by molar-refractivity contribution is -0.137. The van der Waals surface area contributed by atoms with Crippen molar-refractivity contribution in [3.05, 3.63) is 74.2 Å². The van der Waals surface area contributed by atoms with Gasteiger partial charge in [0, 0.05) is 10.4 Å². The van der Waals surface area contributed by atoms with Gasteiger partial charge in [0.1, 0.15) is 5.82 Å². The number of benzene rings is 2. The molecule has 140 valence electrons. The van der Waals surface area contributed by atoms with Crippen LogP contribution in [0.15, 0.2) is 56.8 Å². The summed E-state index contributed by atoms with van der Waals surface area (Å²) in [5.74, 6) is 0.322. The molecule has 0 N–H and O–H groups in total. The van der Waals surface area contributed by atoms with Gasteiger partial charge in [0.15, 0.2) is 0 Å². The van der Waals surface area contributed by atoms with Crippen LogP contribution < -0.4 is 5.56 Å². The molecule has 0 saturated carbocycles. The van der Waals surface area contributed by atoms with E-state index in [2.05, 4.69) is 26.0 Å². The van der Waals surface area contributed by atoms with Crippen LogP contribution in [0.2, 0.25) is 0 Å². The first-order valence-electron chi connectivity index (χ1n) is 8.10. The van der Waals surface area contributed by atoms with Crippen LogP contribution in [-0.2, 0) is 6.18 Å². The van der Waals surface area contributed by atoms with Gasteiger partial charge in [0.05, 0.1) is 22.7 Å². The Morgan fingerprint density at radius 3 is 2.59 bits per heavy atom. The average Bonchev–Trinajstić information content (AvgIpc) is 2.60. The highest BCUT2D eigenvalue weighted by Crippen LogP contribution is 2.29. The van der Waals surface area contributed by atoms with Crippen molar-refractivity contribution in [1.29, 1.82) is 0 Å². The quantitative estimate of drug-likeness (QED) is 0.529. The summed E-state index contributed by atoms with van der Waals surface area (Å²) < 4.78 is 40.5. The Morgan fingerprint density at radius 1 is 1.19 bits per heavy atom. The average molecular weight is 438 g/mol. The molecule has 1 heterocycles. The maximum absolute atomic E-state index is 12.9. The van der Waals surface area contributed by atoms with Gasteiger partial charge in [-0.1, -0.05) is 41.9 Å². The molecule has 0 unspecified atom stereocenters. The zero-order chi connectivity index (χ0) is 19.8. The highest BCUT2D eigenvalue weighted by atomic mass is 79.9. The number of fused-ring (bicyclic) bond motifs is 1. The molecule has 0 aliphatic rings. The number of halogens is 4. The standard InChI is InChI=1S/C19H15BrF3N3O/c1-11(2)17-25-16-7-6-14(20)9-15(16)18(27)26(17)24-10-12-4-3-5-13(8-12)19(21,22)23/h3-11H,1-2H3. The van der Waals surface area contributed by atoms with Crippen molar-refractivity contribution >= 4 is 33.0 Å². The Balaban J connectivity index is 2.14. The summed E-state index contributed by atoms with van der Waals surface area (Å²) in [7, 11) is 0. The minimum Gasteiger partial charge on any atom is -0.267 e. The van der Waals surface area contributed by atoms with Gasteiger partial charge in [-0.15, -0.1) is 0 Å². The molecule has 0 radical (unpaired) electrons. The Kier molecular flexibility index (Phi) is 5.19. The summed E-state index contributed by atoms with van der Waals surface area (Å²) in [4.78, 5) is 17.4. The van der Waals surface area contributed by atoms with Crippen molar-refractivity contribution in [2.24, 2.45) is 5.10 Å². The number of hydrogen-bond acceptors (Lipinski definition) is 3. The van der Waals surface area contributed by atoms with Crippen LogP contribution in [-0.4, -0.2) is 15.9 Å². The van der Waals surface area contributed by atoms with Gasteiger partial charge in [-0.2, -0.15) is 22.9 Å². The van der Waals surface area contributed by atoms with Crippen LogP contribution in [0.25, 0.3) is 10.9 Å². The van der Waals surface area contributed by atoms with Crippen LogP contribution >= 0.6 is 15.9 Å². The molecular formula is C19H15BrF3N3O. The highest BCUT2D eigenvalue weighted by Gasteiger charge is 2.30. The number of aromatic nitrogens is 2. The molecule has 3 aromatic rings. The third kappa shape index (κ3) is 4.10. The van der Waals surface area contributed by atoms with E-state index in [1.165, 1.54) is 18.3 Å². The fourth-order valence-electron chi connectivity index (χ4n) is 2.57. The molecular weight excluding hydrogens is 423 g/mol. The largest absolute Gasteiger partial charge is 0.416 e. The molecule has 0 aliphatic heterocycles. The second-order valence-corrected chi connectivity index (χ2v) is 7.19. The molecule has 3 rings (SSSR count). The summed E-state index contributed by atoms with van der Waals surface area (Å²) in [6.07, 6.45) is -3.21. The second kappa shape index (κ2) is 7.26. The maximum Gasteiger partial charge on any atom is 0.416 e. The molecule has 8 heteroatoms. The van der Waals surface area contributed by atoms with Gasteiger partial charge in [0.2, 0.25) is 0 Å². The molecule has 0 saturated heterocycles. The van der Waals surface area contributed by atoms with Crippen molar-refractivity contribution in [3.8, 4) is 0 Å². The van der Waals surface area contributed by atoms with Gasteiger partial charge in [-0.05, 0) is 35.9 Å². The first kappa shape index (κ1) is 19.3. The predicted molar refractivity (Wildman–Crippen MR) is 102 cm³/mol. The molecule has 4 nitrogen and oxygen atoms in total. The smallest absolute Gasteiger partial charge is 0.267 e. The van der Waals surface area contributed by atoms with E-state index in [1.807, 2.05) is 13.8 Å². The Labute approximate surface area is 161 Å². The zero-order valence-electron chi connectivity index (χ0n) is 14.5. The lowest BCUT2D eigenvalue weighted by atomic mass is 10.1. The van der Waals surface area contributed by atoms with E-state index in [1.54, 1.807) is 18.2 Å². The van der Waals surface area contributed by atoms with Gasteiger partial charge in [-0.3, -0.25) is 4.79 Å². The van der Waals surface area contributed by atoms with Crippen LogP contribution in [0.5, 0.6) is 0 Å². The molecule has 1 aromatic heterocycles.